The van der Waals surface area contributed by atoms with Crippen molar-refractivity contribution in [2.24, 2.45) is 0 Å². The van der Waals surface area contributed by atoms with Crippen molar-refractivity contribution in [2.75, 3.05) is 39.2 Å². The second-order valence-electron chi connectivity index (χ2n) is 7.24. The lowest BCUT2D eigenvalue weighted by atomic mass is 10.2. The predicted molar refractivity (Wildman–Crippen MR) is 124 cm³/mol. The number of aromatic nitrogens is 1. The number of nitrogens with zero attached hydrogens (tertiary/aromatic N) is 4. The lowest BCUT2D eigenvalue weighted by molar-refractivity contribution is -0.384. The zero-order valence-corrected chi connectivity index (χ0v) is 18.7. The van der Waals surface area contributed by atoms with Gasteiger partial charge in [-0.2, -0.15) is 0 Å². The molecule has 0 bridgehead atoms. The van der Waals surface area contributed by atoms with Crippen LogP contribution in [0.4, 0.5) is 10.8 Å². The third-order valence-electron chi connectivity index (χ3n) is 4.68. The summed E-state index contributed by atoms with van der Waals surface area (Å²) in [7, 11) is 5.47. The summed E-state index contributed by atoms with van der Waals surface area (Å²) in [5, 5.41) is 11.6. The Morgan fingerprint density at radius 1 is 1.26 bits per heavy atom. The van der Waals surface area contributed by atoms with E-state index >= 15 is 0 Å². The molecule has 3 aromatic rings. The van der Waals surface area contributed by atoms with Gasteiger partial charge >= 0.3 is 0 Å². The summed E-state index contributed by atoms with van der Waals surface area (Å²) in [4.78, 5) is 31.9. The number of nitro benzene ring substituents is 1. The number of hydrogen-bond donors (Lipinski definition) is 0. The molecule has 1 heterocycles. The molecule has 0 unspecified atom stereocenters. The molecule has 0 fully saturated rings. The molecule has 0 aliphatic rings. The number of hydrogen-bond acceptors (Lipinski definition) is 7. The van der Waals surface area contributed by atoms with E-state index in [1.165, 1.54) is 29.5 Å². The summed E-state index contributed by atoms with van der Waals surface area (Å²) in [6.45, 7) is 3.10. The SMILES string of the molecule is COc1ccc(C)c2sc(N(CCN(C)C)C(=O)C=Cc3cccc([N+](=O)[O-])c3)nc12. The minimum atomic E-state index is -0.459. The number of carbonyl (C=O) groups excluding carboxylic acids is 1. The average molecular weight is 441 g/mol. The van der Waals surface area contributed by atoms with Gasteiger partial charge in [0.2, 0.25) is 0 Å². The molecule has 0 saturated heterocycles. The maximum atomic E-state index is 13.1. The highest BCUT2D eigenvalue weighted by Gasteiger charge is 2.20. The summed E-state index contributed by atoms with van der Waals surface area (Å²) in [6.07, 6.45) is 3.00. The van der Waals surface area contributed by atoms with Gasteiger partial charge in [-0.1, -0.05) is 29.5 Å². The van der Waals surface area contributed by atoms with Gasteiger partial charge in [-0.05, 0) is 44.3 Å². The molecule has 2 aromatic carbocycles. The van der Waals surface area contributed by atoms with Crippen molar-refractivity contribution in [3.63, 3.8) is 0 Å². The summed E-state index contributed by atoms with van der Waals surface area (Å²) in [5.41, 5.74) is 2.35. The van der Waals surface area contributed by atoms with Crippen LogP contribution in [0.2, 0.25) is 0 Å². The van der Waals surface area contributed by atoms with E-state index in [1.54, 1.807) is 30.2 Å². The van der Waals surface area contributed by atoms with Crippen LogP contribution < -0.4 is 9.64 Å². The topological polar surface area (TPSA) is 88.8 Å². The van der Waals surface area contributed by atoms with Crippen LogP contribution in [0, 0.1) is 17.0 Å². The van der Waals surface area contributed by atoms with E-state index in [-0.39, 0.29) is 11.6 Å². The Labute approximate surface area is 184 Å². The number of amides is 1. The first kappa shape index (κ1) is 22.4. The van der Waals surface area contributed by atoms with Gasteiger partial charge in [0.15, 0.2) is 5.13 Å². The Balaban J connectivity index is 1.94. The molecule has 9 heteroatoms. The fourth-order valence-electron chi connectivity index (χ4n) is 2.98. The normalized spacial score (nSPS) is 11.4. The van der Waals surface area contributed by atoms with Crippen LogP contribution in [-0.2, 0) is 4.79 Å². The number of methoxy groups -OCH3 is 1. The zero-order valence-electron chi connectivity index (χ0n) is 17.9. The van der Waals surface area contributed by atoms with E-state index in [9.17, 15) is 14.9 Å². The van der Waals surface area contributed by atoms with Gasteiger partial charge in [0.25, 0.3) is 11.6 Å². The first-order valence-corrected chi connectivity index (χ1v) is 10.4. The molecule has 1 amide bonds. The maximum Gasteiger partial charge on any atom is 0.270 e. The monoisotopic (exact) mass is 440 g/mol. The molecule has 0 aliphatic heterocycles. The van der Waals surface area contributed by atoms with Gasteiger partial charge in [-0.15, -0.1) is 0 Å². The van der Waals surface area contributed by atoms with Gasteiger partial charge < -0.3 is 9.64 Å². The Bertz CT molecular complexity index is 1140. The number of likely N-dealkylation sites (N-methyl/N-ethyl adjacent to an activating group) is 1. The molecule has 3 rings (SSSR count). The summed E-state index contributed by atoms with van der Waals surface area (Å²) in [5.74, 6) is 0.416. The zero-order chi connectivity index (χ0) is 22.5. The Hall–Kier alpha value is -3.30. The molecular weight excluding hydrogens is 416 g/mol. The quantitative estimate of drug-likeness (QED) is 0.297. The highest BCUT2D eigenvalue weighted by atomic mass is 32.1. The van der Waals surface area contributed by atoms with Crippen molar-refractivity contribution >= 4 is 44.4 Å². The van der Waals surface area contributed by atoms with Crippen LogP contribution >= 0.6 is 11.3 Å². The molecular formula is C22H24N4O4S. The van der Waals surface area contributed by atoms with Crippen molar-refractivity contribution < 1.29 is 14.5 Å². The van der Waals surface area contributed by atoms with E-state index in [0.717, 1.165) is 15.8 Å². The summed E-state index contributed by atoms with van der Waals surface area (Å²) in [6, 6.07) is 9.99. The van der Waals surface area contributed by atoms with E-state index in [1.807, 2.05) is 38.1 Å². The molecule has 8 nitrogen and oxygen atoms in total. The third kappa shape index (κ3) is 5.25. The highest BCUT2D eigenvalue weighted by Crippen LogP contribution is 2.36. The lowest BCUT2D eigenvalue weighted by Crippen LogP contribution is -2.35. The first-order valence-electron chi connectivity index (χ1n) is 9.63. The second-order valence-corrected chi connectivity index (χ2v) is 8.21. The smallest absolute Gasteiger partial charge is 0.270 e. The van der Waals surface area contributed by atoms with Gasteiger partial charge in [0, 0.05) is 31.3 Å². The van der Waals surface area contributed by atoms with E-state index in [0.29, 0.717) is 29.5 Å². The van der Waals surface area contributed by atoms with Crippen LogP contribution in [0.25, 0.3) is 16.3 Å². The molecule has 0 spiro atoms. The van der Waals surface area contributed by atoms with E-state index < -0.39 is 4.92 Å². The second kappa shape index (κ2) is 9.67. The highest BCUT2D eigenvalue weighted by molar-refractivity contribution is 7.22. The Kier molecular flexibility index (Phi) is 6.98. The number of ether oxygens (including phenoxy) is 1. The Morgan fingerprint density at radius 2 is 2.03 bits per heavy atom. The maximum absolute atomic E-state index is 13.1. The molecule has 0 N–H and O–H groups in total. The van der Waals surface area contributed by atoms with E-state index in [2.05, 4.69) is 0 Å². The number of aryl methyl sites for hydroxylation is 1. The number of fused-ring (bicyclic) bond motifs is 1. The van der Waals surface area contributed by atoms with Crippen LogP contribution in [-0.4, -0.2) is 55.0 Å². The fourth-order valence-corrected chi connectivity index (χ4v) is 4.06. The summed E-state index contributed by atoms with van der Waals surface area (Å²) >= 11 is 1.44. The minimum Gasteiger partial charge on any atom is -0.494 e. The van der Waals surface area contributed by atoms with Crippen LogP contribution in [0.15, 0.2) is 42.5 Å². The van der Waals surface area contributed by atoms with Gasteiger partial charge in [-0.3, -0.25) is 19.8 Å². The third-order valence-corrected chi connectivity index (χ3v) is 5.89. The molecule has 0 aliphatic carbocycles. The van der Waals surface area contributed by atoms with Crippen molar-refractivity contribution in [3.8, 4) is 5.75 Å². The van der Waals surface area contributed by atoms with Crippen molar-refractivity contribution in [1.29, 1.82) is 0 Å². The van der Waals surface area contributed by atoms with Gasteiger partial charge in [0.1, 0.15) is 11.3 Å². The molecule has 1 aromatic heterocycles. The van der Waals surface area contributed by atoms with Crippen molar-refractivity contribution in [1.82, 2.24) is 9.88 Å². The number of carbonyl (C=O) groups is 1. The largest absolute Gasteiger partial charge is 0.494 e. The minimum absolute atomic E-state index is 0.0205. The fraction of sp³-hybridized carbons (Fsp3) is 0.273. The number of rotatable bonds is 8. The summed E-state index contributed by atoms with van der Waals surface area (Å²) < 4.78 is 6.41. The van der Waals surface area contributed by atoms with Crippen molar-refractivity contribution in [3.05, 3.63) is 63.7 Å². The van der Waals surface area contributed by atoms with Crippen LogP contribution in [0.1, 0.15) is 11.1 Å². The number of anilines is 1. The standard InChI is InChI=1S/C22H24N4O4S/c1-15-8-10-18(30-4)20-21(15)31-22(23-20)25(13-12-24(2)3)19(27)11-9-16-6-5-7-17(14-16)26(28)29/h5-11,14H,12-13H2,1-4H3. The molecule has 0 radical (unpaired) electrons. The predicted octanol–water partition coefficient (Wildman–Crippen LogP) is 4.13. The van der Waals surface area contributed by atoms with Crippen LogP contribution in [0.5, 0.6) is 5.75 Å². The molecule has 31 heavy (non-hydrogen) atoms. The Morgan fingerprint density at radius 3 is 2.71 bits per heavy atom. The van der Waals surface area contributed by atoms with Crippen LogP contribution in [0.3, 0.4) is 0 Å². The number of nitro groups is 1. The molecule has 0 atom stereocenters. The number of non-ortho nitro benzene ring substituents is 1. The number of thiazole rings is 1. The molecule has 0 saturated carbocycles. The molecule has 162 valence electrons. The number of benzene rings is 2. The van der Waals surface area contributed by atoms with Gasteiger partial charge in [0.05, 0.1) is 16.7 Å². The lowest BCUT2D eigenvalue weighted by Gasteiger charge is -2.20. The van der Waals surface area contributed by atoms with E-state index in [4.69, 9.17) is 9.72 Å². The van der Waals surface area contributed by atoms with Crippen molar-refractivity contribution in [2.45, 2.75) is 6.92 Å². The average Bonchev–Trinajstić information content (AvgIpc) is 3.18. The van der Waals surface area contributed by atoms with Gasteiger partial charge in [-0.25, -0.2) is 4.98 Å². The first-order chi connectivity index (χ1) is 14.8.